The Balaban J connectivity index is 3.40. The van der Waals surface area contributed by atoms with Crippen molar-refractivity contribution in [2.24, 2.45) is 0 Å². The number of hydrogen-bond donors (Lipinski definition) is 1. The van der Waals surface area contributed by atoms with Crippen LogP contribution in [-0.4, -0.2) is 15.4 Å². The topological polar surface area (TPSA) is 43.4 Å². The van der Waals surface area contributed by atoms with E-state index < -0.39 is 28.7 Å². The molecule has 0 heterocycles. The molecule has 0 atom stereocenters. The van der Waals surface area contributed by atoms with E-state index in [4.69, 9.17) is 0 Å². The Morgan fingerprint density at radius 2 is 1.89 bits per heavy atom. The van der Waals surface area contributed by atoms with Crippen molar-refractivity contribution in [1.29, 1.82) is 0 Å². The number of halogens is 4. The normalized spacial score (nSPS) is 12.6. The van der Waals surface area contributed by atoms with Crippen LogP contribution < -0.4 is 9.65 Å². The van der Waals surface area contributed by atoms with Crippen LogP contribution in [0.15, 0.2) is 12.1 Å². The monoisotopic (exact) mass is 303 g/mol. The molecule has 0 amide bonds. The number of benzene rings is 1. The van der Waals surface area contributed by atoms with E-state index in [0.717, 1.165) is 6.07 Å². The van der Waals surface area contributed by atoms with Crippen LogP contribution in [-0.2, 0) is 16.3 Å². The van der Waals surface area contributed by atoms with Gasteiger partial charge in [-0.1, -0.05) is 9.45 Å². The predicted molar refractivity (Wildman–Crippen MR) is 63.2 cm³/mol. The Hall–Kier alpha value is -0.895. The number of hydrogen-bond acceptors (Lipinski definition) is 4. The first kappa shape index (κ1) is 15.2. The molecule has 0 fully saturated rings. The number of thiol groups is 1. The van der Waals surface area contributed by atoms with Gasteiger partial charge < -0.3 is 17.1 Å². The molecule has 1 aromatic rings. The Morgan fingerprint density at radius 3 is 2.28 bits per heavy atom. The lowest BCUT2D eigenvalue weighted by atomic mass is 9.76. The molecule has 102 valence electrons. The van der Waals surface area contributed by atoms with Gasteiger partial charge in [0, 0.05) is 5.75 Å². The molecule has 0 N–H and O–H groups in total. The summed E-state index contributed by atoms with van der Waals surface area (Å²) in [6.07, 6.45) is 0. The minimum Gasteiger partial charge on any atom is -0.445 e. The second kappa shape index (κ2) is 5.00. The fourth-order valence-electron chi connectivity index (χ4n) is 1.44. The van der Waals surface area contributed by atoms with Gasteiger partial charge >= 0.3 is 17.5 Å². The average molecular weight is 303 g/mol. The van der Waals surface area contributed by atoms with E-state index in [1.807, 2.05) is 0 Å². The molecule has 0 aliphatic rings. The molecule has 0 radical (unpaired) electrons. The fourth-order valence-corrected chi connectivity index (χ4v) is 2.09. The minimum absolute atomic E-state index is 0.0610. The summed E-state index contributed by atoms with van der Waals surface area (Å²) in [6, 6.07) is 1.46. The summed E-state index contributed by atoms with van der Waals surface area (Å²) in [4.78, 5) is 0. The van der Waals surface area contributed by atoms with Gasteiger partial charge in [0.25, 0.3) is 0 Å². The molecule has 0 saturated carbocycles. The first-order chi connectivity index (χ1) is 8.04. The van der Waals surface area contributed by atoms with Crippen molar-refractivity contribution in [3.8, 4) is 5.75 Å². The highest BCUT2D eigenvalue weighted by molar-refractivity contribution is 7.81. The van der Waals surface area contributed by atoms with Crippen molar-refractivity contribution in [1.82, 2.24) is 0 Å². The highest BCUT2D eigenvalue weighted by Crippen LogP contribution is 2.23. The summed E-state index contributed by atoms with van der Waals surface area (Å²) in [6.45, 7) is -4.13. The SMILES string of the molecule is Cc1c(CS)cc(OS(=O)(=O)F)cc1[B-](F)(F)F. The average Bonchev–Trinajstić information content (AvgIpc) is 2.16. The molecule has 1 aromatic carbocycles. The standard InChI is InChI=1S/C8H8BF4O3S2/c1-5-6(4-17)2-7(16-18(13,14)15)3-8(5)9(10,11)12/h2-3,17H,4H2,1H3/q-1. The molecule has 0 unspecified atom stereocenters. The van der Waals surface area contributed by atoms with Crippen LogP contribution >= 0.6 is 12.6 Å². The van der Waals surface area contributed by atoms with Crippen LogP contribution in [0.5, 0.6) is 5.75 Å². The van der Waals surface area contributed by atoms with Crippen LogP contribution in [0.2, 0.25) is 0 Å². The second-order valence-electron chi connectivity index (χ2n) is 3.51. The molecule has 0 aromatic heterocycles. The van der Waals surface area contributed by atoms with E-state index in [1.54, 1.807) is 0 Å². The summed E-state index contributed by atoms with van der Waals surface area (Å²) in [5.41, 5.74) is -0.991. The molecule has 0 saturated heterocycles. The van der Waals surface area contributed by atoms with E-state index in [9.17, 15) is 25.3 Å². The third-order valence-corrected chi connectivity index (χ3v) is 2.98. The van der Waals surface area contributed by atoms with Crippen molar-refractivity contribution in [2.45, 2.75) is 12.7 Å². The maximum atomic E-state index is 12.7. The van der Waals surface area contributed by atoms with Crippen molar-refractivity contribution in [3.05, 3.63) is 23.3 Å². The van der Waals surface area contributed by atoms with Crippen molar-refractivity contribution in [2.75, 3.05) is 0 Å². The quantitative estimate of drug-likeness (QED) is 0.401. The molecule has 10 heteroatoms. The first-order valence-corrected chi connectivity index (χ1v) is 6.57. The lowest BCUT2D eigenvalue weighted by Gasteiger charge is -2.21. The second-order valence-corrected chi connectivity index (χ2v) is 4.78. The molecule has 3 nitrogen and oxygen atoms in total. The summed E-state index contributed by atoms with van der Waals surface area (Å²) < 4.78 is 74.8. The van der Waals surface area contributed by atoms with Crippen molar-refractivity contribution in [3.63, 3.8) is 0 Å². The molecular weight excluding hydrogens is 295 g/mol. The molecule has 0 aliphatic carbocycles. The van der Waals surface area contributed by atoms with E-state index in [2.05, 4.69) is 16.8 Å². The number of rotatable bonds is 4. The maximum absolute atomic E-state index is 12.7. The Labute approximate surface area is 107 Å². The maximum Gasteiger partial charge on any atom is 0.510 e. The highest BCUT2D eigenvalue weighted by atomic mass is 32.3. The van der Waals surface area contributed by atoms with Gasteiger partial charge in [-0.15, -0.1) is 5.46 Å². The summed E-state index contributed by atoms with van der Waals surface area (Å²) in [5, 5.41) is 0. The molecular formula is C8H8BF4O3S2-. The molecule has 1 rings (SSSR count). The predicted octanol–water partition coefficient (Wildman–Crippen LogP) is 2.07. The Morgan fingerprint density at radius 1 is 1.33 bits per heavy atom. The van der Waals surface area contributed by atoms with Gasteiger partial charge in [0.1, 0.15) is 5.75 Å². The third kappa shape index (κ3) is 3.80. The minimum atomic E-state index is -5.36. The Bertz CT molecular complexity index is 556. The molecule has 18 heavy (non-hydrogen) atoms. The molecule has 0 bridgehead atoms. The van der Waals surface area contributed by atoms with Crippen molar-refractivity contribution >= 4 is 35.6 Å². The van der Waals surface area contributed by atoms with Gasteiger partial charge in [-0.05, 0) is 24.6 Å². The van der Waals surface area contributed by atoms with Gasteiger partial charge in [0.2, 0.25) is 0 Å². The van der Waals surface area contributed by atoms with Gasteiger partial charge in [-0.3, -0.25) is 0 Å². The van der Waals surface area contributed by atoms with Crippen LogP contribution in [0.25, 0.3) is 0 Å². The highest BCUT2D eigenvalue weighted by Gasteiger charge is 2.29. The third-order valence-electron chi connectivity index (χ3n) is 2.25. The summed E-state index contributed by atoms with van der Waals surface area (Å²) in [5.74, 6) is -0.782. The van der Waals surface area contributed by atoms with Crippen LogP contribution in [0.3, 0.4) is 0 Å². The van der Waals surface area contributed by atoms with Gasteiger partial charge in [0.05, 0.1) is 0 Å². The lowest BCUT2D eigenvalue weighted by Crippen LogP contribution is -2.36. The zero-order valence-corrected chi connectivity index (χ0v) is 10.7. The molecule has 0 aliphatic heterocycles. The molecule has 0 spiro atoms. The van der Waals surface area contributed by atoms with E-state index in [1.165, 1.54) is 6.92 Å². The smallest absolute Gasteiger partial charge is 0.445 e. The van der Waals surface area contributed by atoms with E-state index >= 15 is 0 Å². The van der Waals surface area contributed by atoms with Crippen LogP contribution in [0.1, 0.15) is 11.1 Å². The largest absolute Gasteiger partial charge is 0.510 e. The summed E-state index contributed by atoms with van der Waals surface area (Å²) >= 11 is 3.82. The van der Waals surface area contributed by atoms with E-state index in [0.29, 0.717) is 6.07 Å². The van der Waals surface area contributed by atoms with Crippen molar-refractivity contribution < 1.29 is 29.4 Å². The van der Waals surface area contributed by atoms with Gasteiger partial charge in [0.15, 0.2) is 0 Å². The van der Waals surface area contributed by atoms with Crippen LogP contribution in [0, 0.1) is 6.92 Å². The van der Waals surface area contributed by atoms with Gasteiger partial charge in [-0.2, -0.15) is 21.0 Å². The zero-order valence-electron chi connectivity index (χ0n) is 9.03. The summed E-state index contributed by atoms with van der Waals surface area (Å²) in [7, 11) is -5.36. The Kier molecular flexibility index (Phi) is 4.21. The first-order valence-electron chi connectivity index (χ1n) is 4.63. The lowest BCUT2D eigenvalue weighted by molar-refractivity contribution is 0.439. The van der Waals surface area contributed by atoms with Crippen LogP contribution in [0.4, 0.5) is 16.8 Å². The zero-order chi connectivity index (χ0) is 14.1. The fraction of sp³-hybridized carbons (Fsp3) is 0.250. The van der Waals surface area contributed by atoms with Gasteiger partial charge in [-0.25, -0.2) is 0 Å². The van der Waals surface area contributed by atoms with E-state index in [-0.39, 0.29) is 16.9 Å².